The average Bonchev–Trinajstić information content (AvgIpc) is 3.41. The number of hydrogen-bond donors (Lipinski definition) is 0. The van der Waals surface area contributed by atoms with E-state index in [0.29, 0.717) is 0 Å². The van der Waals surface area contributed by atoms with Crippen LogP contribution in [0, 0.1) is 6.92 Å². The Labute approximate surface area is 150 Å². The van der Waals surface area contributed by atoms with Gasteiger partial charge in [-0.1, -0.05) is 6.07 Å². The van der Waals surface area contributed by atoms with E-state index in [9.17, 15) is 0 Å². The molecular formula is C19H19N7. The van der Waals surface area contributed by atoms with Gasteiger partial charge in [0.25, 0.3) is 0 Å². The summed E-state index contributed by atoms with van der Waals surface area (Å²) < 4.78 is 3.63. The molecule has 4 aromatic rings. The maximum Gasteiger partial charge on any atom is 0.183 e. The van der Waals surface area contributed by atoms with Gasteiger partial charge in [-0.05, 0) is 31.9 Å². The fourth-order valence-corrected chi connectivity index (χ4v) is 3.37. The number of aromatic nitrogens is 6. The van der Waals surface area contributed by atoms with Crippen molar-refractivity contribution < 1.29 is 0 Å². The fourth-order valence-electron chi connectivity index (χ4n) is 3.37. The summed E-state index contributed by atoms with van der Waals surface area (Å²) in [6.45, 7) is 4.12. The van der Waals surface area contributed by atoms with Gasteiger partial charge in [0, 0.05) is 48.5 Å². The molecule has 130 valence electrons. The molecule has 5 heterocycles. The monoisotopic (exact) mass is 345 g/mol. The van der Waals surface area contributed by atoms with E-state index in [2.05, 4.69) is 26.1 Å². The molecule has 0 saturated carbocycles. The van der Waals surface area contributed by atoms with Crippen molar-refractivity contribution in [2.75, 3.05) is 18.0 Å². The number of hydrogen-bond acceptors (Lipinski definition) is 5. The van der Waals surface area contributed by atoms with Gasteiger partial charge in [0.05, 0.1) is 12.4 Å². The average molecular weight is 345 g/mol. The summed E-state index contributed by atoms with van der Waals surface area (Å²) in [5.74, 6) is 1.01. The highest BCUT2D eigenvalue weighted by Crippen LogP contribution is 2.23. The lowest BCUT2D eigenvalue weighted by atomic mass is 10.1. The summed E-state index contributed by atoms with van der Waals surface area (Å²) in [5.41, 5.74) is 4.75. The van der Waals surface area contributed by atoms with E-state index in [4.69, 9.17) is 4.98 Å². The van der Waals surface area contributed by atoms with Crippen molar-refractivity contribution in [2.45, 2.75) is 19.8 Å². The first kappa shape index (κ1) is 15.1. The fraction of sp³-hybridized carbons (Fsp3) is 0.263. The van der Waals surface area contributed by atoms with Gasteiger partial charge in [0.1, 0.15) is 11.5 Å². The Kier molecular flexibility index (Phi) is 3.44. The minimum Gasteiger partial charge on any atom is -0.356 e. The number of aryl methyl sites for hydroxylation is 1. The number of pyridine rings is 1. The molecule has 1 aliphatic rings. The molecule has 1 aliphatic heterocycles. The standard InChI is InChI=1S/C19H19N7/c1-14-4-5-15(10-20-14)16-11-21-26(13-16)17-12-22-25-9-6-18(23-19(17)25)24-7-2-3-8-24/h4-6,9-13H,2-3,7-8H2,1H3. The van der Waals surface area contributed by atoms with Crippen molar-refractivity contribution >= 4 is 11.5 Å². The Morgan fingerprint density at radius 3 is 2.62 bits per heavy atom. The smallest absolute Gasteiger partial charge is 0.183 e. The van der Waals surface area contributed by atoms with Crippen molar-refractivity contribution in [2.24, 2.45) is 0 Å². The van der Waals surface area contributed by atoms with Gasteiger partial charge in [-0.2, -0.15) is 10.2 Å². The van der Waals surface area contributed by atoms with E-state index in [1.807, 2.05) is 48.5 Å². The predicted molar refractivity (Wildman–Crippen MR) is 99.5 cm³/mol. The normalized spacial score (nSPS) is 14.4. The highest BCUT2D eigenvalue weighted by atomic mass is 15.3. The van der Waals surface area contributed by atoms with Gasteiger partial charge >= 0.3 is 0 Å². The lowest BCUT2D eigenvalue weighted by Crippen LogP contribution is -2.19. The van der Waals surface area contributed by atoms with Gasteiger partial charge < -0.3 is 4.90 Å². The number of rotatable bonds is 3. The minimum absolute atomic E-state index is 0.811. The molecule has 0 aliphatic carbocycles. The van der Waals surface area contributed by atoms with Crippen LogP contribution in [0.4, 0.5) is 5.82 Å². The molecule has 1 fully saturated rings. The van der Waals surface area contributed by atoms with Gasteiger partial charge in [0.15, 0.2) is 5.65 Å². The molecule has 0 unspecified atom stereocenters. The van der Waals surface area contributed by atoms with Crippen molar-refractivity contribution in [1.29, 1.82) is 0 Å². The zero-order valence-corrected chi connectivity index (χ0v) is 14.6. The van der Waals surface area contributed by atoms with Crippen LogP contribution < -0.4 is 4.90 Å². The molecule has 0 N–H and O–H groups in total. The molecule has 0 spiro atoms. The summed E-state index contributed by atoms with van der Waals surface area (Å²) in [6, 6.07) is 6.09. The second kappa shape index (κ2) is 5.94. The molecule has 0 atom stereocenters. The largest absolute Gasteiger partial charge is 0.356 e. The van der Waals surface area contributed by atoms with Crippen LogP contribution in [0.25, 0.3) is 22.5 Å². The minimum atomic E-state index is 0.811. The molecule has 4 aromatic heterocycles. The molecule has 0 radical (unpaired) electrons. The quantitative estimate of drug-likeness (QED) is 0.571. The molecule has 26 heavy (non-hydrogen) atoms. The summed E-state index contributed by atoms with van der Waals surface area (Å²) in [6.07, 6.45) is 11.9. The van der Waals surface area contributed by atoms with Crippen LogP contribution in [0.2, 0.25) is 0 Å². The molecule has 0 amide bonds. The first-order chi connectivity index (χ1) is 12.8. The van der Waals surface area contributed by atoms with Crippen LogP contribution >= 0.6 is 0 Å². The van der Waals surface area contributed by atoms with E-state index in [1.54, 1.807) is 10.7 Å². The second-order valence-electron chi connectivity index (χ2n) is 6.64. The van der Waals surface area contributed by atoms with E-state index < -0.39 is 0 Å². The van der Waals surface area contributed by atoms with E-state index in [1.165, 1.54) is 12.8 Å². The van der Waals surface area contributed by atoms with Crippen molar-refractivity contribution in [1.82, 2.24) is 29.4 Å². The zero-order chi connectivity index (χ0) is 17.5. The van der Waals surface area contributed by atoms with E-state index >= 15 is 0 Å². The summed E-state index contributed by atoms with van der Waals surface area (Å²) in [7, 11) is 0. The van der Waals surface area contributed by atoms with Crippen LogP contribution in [-0.2, 0) is 0 Å². The summed E-state index contributed by atoms with van der Waals surface area (Å²) >= 11 is 0. The molecule has 0 bridgehead atoms. The number of fused-ring (bicyclic) bond motifs is 1. The Morgan fingerprint density at radius 2 is 1.81 bits per heavy atom. The number of nitrogens with zero attached hydrogens (tertiary/aromatic N) is 7. The topological polar surface area (TPSA) is 64.1 Å². The third-order valence-corrected chi connectivity index (χ3v) is 4.84. The zero-order valence-electron chi connectivity index (χ0n) is 14.6. The Morgan fingerprint density at radius 1 is 0.923 bits per heavy atom. The predicted octanol–water partition coefficient (Wildman–Crippen LogP) is 2.89. The molecular weight excluding hydrogens is 326 g/mol. The molecule has 7 nitrogen and oxygen atoms in total. The first-order valence-electron chi connectivity index (χ1n) is 8.85. The maximum absolute atomic E-state index is 4.84. The van der Waals surface area contributed by atoms with E-state index in [-0.39, 0.29) is 0 Å². The molecule has 7 heteroatoms. The van der Waals surface area contributed by atoms with Crippen LogP contribution in [0.15, 0.2) is 49.2 Å². The lowest BCUT2D eigenvalue weighted by Gasteiger charge is -2.16. The van der Waals surface area contributed by atoms with Gasteiger partial charge in [-0.3, -0.25) is 4.98 Å². The van der Waals surface area contributed by atoms with Crippen LogP contribution in [0.1, 0.15) is 18.5 Å². The van der Waals surface area contributed by atoms with E-state index in [0.717, 1.165) is 47.1 Å². The second-order valence-corrected chi connectivity index (χ2v) is 6.64. The lowest BCUT2D eigenvalue weighted by molar-refractivity contribution is 0.878. The molecule has 5 rings (SSSR count). The highest BCUT2D eigenvalue weighted by molar-refractivity contribution is 5.65. The number of anilines is 1. The van der Waals surface area contributed by atoms with Gasteiger partial charge in [-0.25, -0.2) is 14.2 Å². The van der Waals surface area contributed by atoms with Crippen molar-refractivity contribution in [3.63, 3.8) is 0 Å². The first-order valence-corrected chi connectivity index (χ1v) is 8.85. The third kappa shape index (κ3) is 2.52. The molecule has 0 aromatic carbocycles. The van der Waals surface area contributed by atoms with Crippen molar-refractivity contribution in [3.05, 3.63) is 54.9 Å². The van der Waals surface area contributed by atoms with Crippen LogP contribution in [-0.4, -0.2) is 42.5 Å². The van der Waals surface area contributed by atoms with Gasteiger partial charge in [-0.15, -0.1) is 0 Å². The SMILES string of the molecule is Cc1ccc(-c2cnn(-c3cnn4ccc(N5CCCC5)nc34)c2)cn1. The highest BCUT2D eigenvalue weighted by Gasteiger charge is 2.16. The van der Waals surface area contributed by atoms with Crippen LogP contribution in [0.5, 0.6) is 0 Å². The Hall–Kier alpha value is -3.22. The maximum atomic E-state index is 4.84. The van der Waals surface area contributed by atoms with Crippen molar-refractivity contribution in [3.8, 4) is 16.8 Å². The summed E-state index contributed by atoms with van der Waals surface area (Å²) in [5, 5.41) is 8.94. The summed E-state index contributed by atoms with van der Waals surface area (Å²) in [4.78, 5) is 11.5. The van der Waals surface area contributed by atoms with Crippen LogP contribution in [0.3, 0.4) is 0 Å². The molecule has 1 saturated heterocycles. The Balaban J connectivity index is 1.54. The third-order valence-electron chi connectivity index (χ3n) is 4.84. The Bertz CT molecular complexity index is 1060. The van der Waals surface area contributed by atoms with Gasteiger partial charge in [0.2, 0.25) is 0 Å².